The smallest absolute Gasteiger partial charge is 0.317 e. The van der Waals surface area contributed by atoms with Crippen molar-refractivity contribution in [2.45, 2.75) is 19.3 Å². The van der Waals surface area contributed by atoms with Crippen molar-refractivity contribution < 1.29 is 9.18 Å². The van der Waals surface area contributed by atoms with Crippen LogP contribution in [0.2, 0.25) is 0 Å². The van der Waals surface area contributed by atoms with Gasteiger partial charge >= 0.3 is 6.03 Å². The van der Waals surface area contributed by atoms with Gasteiger partial charge in [-0.05, 0) is 50.0 Å². The number of carbonyl (C=O) groups excluding carboxylic acids is 1. The van der Waals surface area contributed by atoms with E-state index in [1.807, 2.05) is 4.90 Å². The molecule has 0 bridgehead atoms. The lowest BCUT2D eigenvalue weighted by atomic mass is 10.1. The number of benzene rings is 1. The van der Waals surface area contributed by atoms with Crippen molar-refractivity contribution in [3.63, 3.8) is 0 Å². The molecule has 2 saturated heterocycles. The summed E-state index contributed by atoms with van der Waals surface area (Å²) in [6.45, 7) is 8.85. The van der Waals surface area contributed by atoms with Crippen molar-refractivity contribution in [3.8, 4) is 0 Å². The number of likely N-dealkylation sites (tertiary alicyclic amines) is 1. The Labute approximate surface area is 149 Å². The Morgan fingerprint density at radius 2 is 1.52 bits per heavy atom. The molecule has 1 N–H and O–H groups in total. The monoisotopic (exact) mass is 348 g/mol. The summed E-state index contributed by atoms with van der Waals surface area (Å²) >= 11 is 0. The molecule has 1 aromatic rings. The molecular weight excluding hydrogens is 319 g/mol. The van der Waals surface area contributed by atoms with E-state index in [1.54, 1.807) is 12.1 Å². The van der Waals surface area contributed by atoms with Gasteiger partial charge in [0, 0.05) is 45.8 Å². The molecule has 0 radical (unpaired) electrons. The SMILES string of the molecule is O=C(NCCc1ccc(F)cc1)N1CCN(CCN2CCCC2)CC1. The van der Waals surface area contributed by atoms with Gasteiger partial charge in [0.25, 0.3) is 0 Å². The van der Waals surface area contributed by atoms with Crippen LogP contribution in [0.1, 0.15) is 18.4 Å². The number of hydrogen-bond acceptors (Lipinski definition) is 3. The minimum atomic E-state index is -0.226. The molecule has 0 aromatic heterocycles. The molecule has 5 nitrogen and oxygen atoms in total. The molecule has 0 saturated carbocycles. The van der Waals surface area contributed by atoms with Gasteiger partial charge in [0.15, 0.2) is 0 Å². The zero-order chi connectivity index (χ0) is 17.5. The third-order valence-corrected chi connectivity index (χ3v) is 5.19. The van der Waals surface area contributed by atoms with E-state index in [-0.39, 0.29) is 11.8 Å². The first-order valence-corrected chi connectivity index (χ1v) is 9.43. The summed E-state index contributed by atoms with van der Waals surface area (Å²) in [5.41, 5.74) is 1.04. The summed E-state index contributed by atoms with van der Waals surface area (Å²) in [4.78, 5) is 19.1. The number of hydrogen-bond donors (Lipinski definition) is 1. The minimum absolute atomic E-state index is 0.0151. The fraction of sp³-hybridized carbons (Fsp3) is 0.632. The normalized spacial score (nSPS) is 19.3. The molecule has 2 heterocycles. The summed E-state index contributed by atoms with van der Waals surface area (Å²) in [7, 11) is 0. The zero-order valence-electron chi connectivity index (χ0n) is 14.9. The Morgan fingerprint density at radius 1 is 0.920 bits per heavy atom. The quantitative estimate of drug-likeness (QED) is 0.852. The van der Waals surface area contributed by atoms with E-state index >= 15 is 0 Å². The number of piperazine rings is 1. The maximum absolute atomic E-state index is 12.9. The summed E-state index contributed by atoms with van der Waals surface area (Å²) in [5, 5.41) is 2.97. The van der Waals surface area contributed by atoms with Gasteiger partial charge in [0.05, 0.1) is 0 Å². The van der Waals surface area contributed by atoms with E-state index in [9.17, 15) is 9.18 Å². The molecule has 25 heavy (non-hydrogen) atoms. The van der Waals surface area contributed by atoms with E-state index < -0.39 is 0 Å². The number of rotatable bonds is 6. The Kier molecular flexibility index (Phi) is 6.64. The first-order valence-electron chi connectivity index (χ1n) is 9.43. The van der Waals surface area contributed by atoms with Gasteiger partial charge in [-0.3, -0.25) is 4.90 Å². The number of nitrogens with zero attached hydrogens (tertiary/aromatic N) is 3. The number of carbonyl (C=O) groups is 1. The van der Waals surface area contributed by atoms with Crippen molar-refractivity contribution in [2.75, 3.05) is 58.9 Å². The highest BCUT2D eigenvalue weighted by Crippen LogP contribution is 2.08. The average molecular weight is 348 g/mol. The van der Waals surface area contributed by atoms with Crippen LogP contribution >= 0.6 is 0 Å². The maximum Gasteiger partial charge on any atom is 0.317 e. The minimum Gasteiger partial charge on any atom is -0.338 e. The van der Waals surface area contributed by atoms with Crippen molar-refractivity contribution in [1.29, 1.82) is 0 Å². The van der Waals surface area contributed by atoms with Gasteiger partial charge in [-0.25, -0.2) is 9.18 Å². The van der Waals surface area contributed by atoms with Crippen molar-refractivity contribution >= 4 is 6.03 Å². The van der Waals surface area contributed by atoms with E-state index in [4.69, 9.17) is 0 Å². The second-order valence-corrected chi connectivity index (χ2v) is 6.99. The van der Waals surface area contributed by atoms with Gasteiger partial charge in [-0.15, -0.1) is 0 Å². The third-order valence-electron chi connectivity index (χ3n) is 5.19. The molecule has 2 fully saturated rings. The Hall–Kier alpha value is -1.66. The molecule has 0 spiro atoms. The summed E-state index contributed by atoms with van der Waals surface area (Å²) in [6, 6.07) is 6.46. The Morgan fingerprint density at radius 3 is 2.16 bits per heavy atom. The molecule has 2 aliphatic heterocycles. The fourth-order valence-electron chi connectivity index (χ4n) is 3.54. The van der Waals surface area contributed by atoms with Gasteiger partial charge in [-0.1, -0.05) is 12.1 Å². The van der Waals surface area contributed by atoms with E-state index in [1.165, 1.54) is 38.1 Å². The van der Waals surface area contributed by atoms with Crippen molar-refractivity contribution in [3.05, 3.63) is 35.6 Å². The summed E-state index contributed by atoms with van der Waals surface area (Å²) in [5.74, 6) is -0.226. The second kappa shape index (κ2) is 9.15. The van der Waals surface area contributed by atoms with Crippen LogP contribution in [-0.2, 0) is 6.42 Å². The van der Waals surface area contributed by atoms with Gasteiger partial charge < -0.3 is 15.1 Å². The number of amides is 2. The Balaban J connectivity index is 1.30. The van der Waals surface area contributed by atoms with Crippen LogP contribution in [0.15, 0.2) is 24.3 Å². The highest BCUT2D eigenvalue weighted by molar-refractivity contribution is 5.74. The highest BCUT2D eigenvalue weighted by Gasteiger charge is 2.21. The maximum atomic E-state index is 12.9. The fourth-order valence-corrected chi connectivity index (χ4v) is 3.54. The second-order valence-electron chi connectivity index (χ2n) is 6.99. The van der Waals surface area contributed by atoms with Crippen molar-refractivity contribution in [2.24, 2.45) is 0 Å². The summed E-state index contributed by atoms with van der Waals surface area (Å²) < 4.78 is 12.9. The standard InChI is InChI=1S/C19H29FN4O/c20-18-5-3-17(4-6-18)7-8-21-19(25)24-15-13-23(14-16-24)12-11-22-9-1-2-10-22/h3-6H,1-2,7-16H2,(H,21,25). The average Bonchev–Trinajstić information content (AvgIpc) is 3.15. The lowest BCUT2D eigenvalue weighted by Gasteiger charge is -2.35. The van der Waals surface area contributed by atoms with Crippen LogP contribution in [0.4, 0.5) is 9.18 Å². The van der Waals surface area contributed by atoms with Crippen LogP contribution in [0, 0.1) is 5.82 Å². The molecule has 6 heteroatoms. The highest BCUT2D eigenvalue weighted by atomic mass is 19.1. The lowest BCUT2D eigenvalue weighted by Crippen LogP contribution is -2.53. The van der Waals surface area contributed by atoms with Crippen LogP contribution in [0.3, 0.4) is 0 Å². The van der Waals surface area contributed by atoms with E-state index in [2.05, 4.69) is 15.1 Å². The van der Waals surface area contributed by atoms with E-state index in [0.29, 0.717) is 6.54 Å². The largest absolute Gasteiger partial charge is 0.338 e. The zero-order valence-corrected chi connectivity index (χ0v) is 14.9. The molecular formula is C19H29FN4O. The predicted molar refractivity (Wildman–Crippen MR) is 97.2 cm³/mol. The van der Waals surface area contributed by atoms with Crippen LogP contribution < -0.4 is 5.32 Å². The van der Waals surface area contributed by atoms with Crippen LogP contribution in [0.25, 0.3) is 0 Å². The number of halogens is 1. The Bertz CT molecular complexity index is 537. The predicted octanol–water partition coefficient (Wildman–Crippen LogP) is 1.79. The number of nitrogens with one attached hydrogen (secondary N) is 1. The van der Waals surface area contributed by atoms with Gasteiger partial charge in [0.2, 0.25) is 0 Å². The molecule has 0 unspecified atom stereocenters. The number of urea groups is 1. The molecule has 3 rings (SSSR count). The molecule has 2 amide bonds. The van der Waals surface area contributed by atoms with Crippen molar-refractivity contribution in [1.82, 2.24) is 20.0 Å². The van der Waals surface area contributed by atoms with E-state index in [0.717, 1.165) is 51.3 Å². The molecule has 0 aliphatic carbocycles. The first-order chi connectivity index (χ1) is 12.2. The molecule has 0 atom stereocenters. The van der Waals surface area contributed by atoms with Crippen LogP contribution in [-0.4, -0.2) is 79.6 Å². The topological polar surface area (TPSA) is 38.8 Å². The van der Waals surface area contributed by atoms with Gasteiger partial charge in [0.1, 0.15) is 5.82 Å². The summed E-state index contributed by atoms with van der Waals surface area (Å²) in [6.07, 6.45) is 3.40. The van der Waals surface area contributed by atoms with Crippen LogP contribution in [0.5, 0.6) is 0 Å². The first kappa shape index (κ1) is 18.1. The lowest BCUT2D eigenvalue weighted by molar-refractivity contribution is 0.131. The molecule has 1 aromatic carbocycles. The molecule has 138 valence electrons. The third kappa shape index (κ3) is 5.68. The van der Waals surface area contributed by atoms with Gasteiger partial charge in [-0.2, -0.15) is 0 Å². The molecule has 2 aliphatic rings.